The van der Waals surface area contributed by atoms with E-state index in [1.165, 1.54) is 0 Å². The highest BCUT2D eigenvalue weighted by molar-refractivity contribution is 6.07. The van der Waals surface area contributed by atoms with E-state index in [-0.39, 0.29) is 0 Å². The van der Waals surface area contributed by atoms with Crippen molar-refractivity contribution in [1.29, 1.82) is 0 Å². The van der Waals surface area contributed by atoms with Crippen molar-refractivity contribution < 1.29 is 27.5 Å². The van der Waals surface area contributed by atoms with Crippen LogP contribution in [-0.2, 0) is 9.53 Å². The van der Waals surface area contributed by atoms with Crippen molar-refractivity contribution in [3.63, 3.8) is 0 Å². The Morgan fingerprint density at radius 3 is 2.26 bits per heavy atom. The first-order valence-electron chi connectivity index (χ1n) is 6.11. The summed E-state index contributed by atoms with van der Waals surface area (Å²) in [5, 5.41) is 1.64. The minimum atomic E-state index is -4.99. The van der Waals surface area contributed by atoms with Crippen molar-refractivity contribution in [2.24, 2.45) is 0 Å². The number of amides is 3. The number of rotatable bonds is 2. The maximum Gasteiger partial charge on any atom is 0.446 e. The van der Waals surface area contributed by atoms with Crippen molar-refractivity contribution in [2.75, 3.05) is 7.11 Å². The van der Waals surface area contributed by atoms with Gasteiger partial charge in [-0.2, -0.15) is 13.2 Å². The lowest BCUT2D eigenvalue weighted by Crippen LogP contribution is -2.60. The van der Waals surface area contributed by atoms with Crippen molar-refractivity contribution in [3.05, 3.63) is 0 Å². The third-order valence-corrected chi connectivity index (χ3v) is 3.67. The molecule has 19 heavy (non-hydrogen) atoms. The zero-order valence-electron chi connectivity index (χ0n) is 10.4. The molecule has 5 nitrogen and oxygen atoms in total. The molecular formula is C11H15F3N2O3. The molecule has 1 N–H and O–H groups in total. The van der Waals surface area contributed by atoms with Crippen LogP contribution >= 0.6 is 0 Å². The predicted octanol–water partition coefficient (Wildman–Crippen LogP) is 1.78. The molecule has 0 aromatic heterocycles. The highest BCUT2D eigenvalue weighted by Crippen LogP contribution is 2.38. The molecule has 1 atom stereocenters. The Kier molecular flexibility index (Phi) is 3.46. The van der Waals surface area contributed by atoms with Gasteiger partial charge >= 0.3 is 17.9 Å². The number of halogens is 3. The molecule has 8 heteroatoms. The van der Waals surface area contributed by atoms with Gasteiger partial charge in [-0.05, 0) is 12.8 Å². The van der Waals surface area contributed by atoms with Crippen LogP contribution in [0, 0.1) is 0 Å². The van der Waals surface area contributed by atoms with Gasteiger partial charge in [0.15, 0.2) is 0 Å². The number of alkyl halides is 3. The van der Waals surface area contributed by atoms with Crippen LogP contribution < -0.4 is 5.32 Å². The van der Waals surface area contributed by atoms with Crippen LogP contribution in [0.4, 0.5) is 18.0 Å². The Morgan fingerprint density at radius 1 is 1.26 bits per heavy atom. The van der Waals surface area contributed by atoms with E-state index in [0.717, 1.165) is 26.4 Å². The molecule has 1 heterocycles. The summed E-state index contributed by atoms with van der Waals surface area (Å²) < 4.78 is 43.3. The van der Waals surface area contributed by atoms with Crippen molar-refractivity contribution >= 4 is 11.9 Å². The van der Waals surface area contributed by atoms with E-state index in [0.29, 0.717) is 17.7 Å². The Bertz CT molecular complexity index is 393. The van der Waals surface area contributed by atoms with E-state index < -0.39 is 29.9 Å². The van der Waals surface area contributed by atoms with Crippen molar-refractivity contribution in [1.82, 2.24) is 10.2 Å². The number of urea groups is 1. The van der Waals surface area contributed by atoms with Crippen LogP contribution in [0.1, 0.15) is 32.1 Å². The third kappa shape index (κ3) is 2.07. The maximum absolute atomic E-state index is 13.0. The summed E-state index contributed by atoms with van der Waals surface area (Å²) >= 11 is 0. The second-order valence-corrected chi connectivity index (χ2v) is 4.78. The average molecular weight is 280 g/mol. The molecule has 0 radical (unpaired) electrons. The Morgan fingerprint density at radius 2 is 1.84 bits per heavy atom. The number of hydrogen-bond donors (Lipinski definition) is 1. The molecule has 1 saturated heterocycles. The minimum absolute atomic E-state index is 0.472. The lowest BCUT2D eigenvalue weighted by atomic mass is 9.94. The molecule has 2 fully saturated rings. The molecule has 0 unspecified atom stereocenters. The smallest absolute Gasteiger partial charge is 0.344 e. The van der Waals surface area contributed by atoms with E-state index in [4.69, 9.17) is 0 Å². The molecule has 1 saturated carbocycles. The SMILES string of the molecule is CO[C@@]1(C(F)(F)F)NC(=O)N(C2CCCCC2)C1=O. The first-order valence-corrected chi connectivity index (χ1v) is 6.11. The highest BCUT2D eigenvalue weighted by Gasteiger charge is 2.69. The summed E-state index contributed by atoms with van der Waals surface area (Å²) in [6, 6.07) is -1.50. The molecule has 0 spiro atoms. The fourth-order valence-corrected chi connectivity index (χ4v) is 2.64. The Balaban J connectivity index is 2.29. The van der Waals surface area contributed by atoms with E-state index in [2.05, 4.69) is 4.74 Å². The van der Waals surface area contributed by atoms with E-state index >= 15 is 0 Å². The number of carbonyl (C=O) groups is 2. The van der Waals surface area contributed by atoms with Crippen LogP contribution in [0.2, 0.25) is 0 Å². The molecule has 0 aromatic carbocycles. The zero-order chi connectivity index (χ0) is 14.3. The summed E-state index contributed by atoms with van der Waals surface area (Å²) in [5.41, 5.74) is -3.23. The fraction of sp³-hybridized carbons (Fsp3) is 0.818. The topological polar surface area (TPSA) is 58.6 Å². The summed E-state index contributed by atoms with van der Waals surface area (Å²) in [4.78, 5) is 24.4. The monoisotopic (exact) mass is 280 g/mol. The van der Waals surface area contributed by atoms with Crippen LogP contribution in [-0.4, -0.2) is 41.9 Å². The largest absolute Gasteiger partial charge is 0.446 e. The summed E-state index contributed by atoms with van der Waals surface area (Å²) in [7, 11) is 0.760. The minimum Gasteiger partial charge on any atom is -0.344 e. The molecule has 1 aliphatic heterocycles. The van der Waals surface area contributed by atoms with Gasteiger partial charge in [0.1, 0.15) is 0 Å². The van der Waals surface area contributed by atoms with E-state index in [1.54, 1.807) is 5.32 Å². The molecule has 2 rings (SSSR count). The van der Waals surface area contributed by atoms with Crippen LogP contribution in [0.5, 0.6) is 0 Å². The van der Waals surface area contributed by atoms with Crippen molar-refractivity contribution in [2.45, 2.75) is 50.0 Å². The number of nitrogens with zero attached hydrogens (tertiary/aromatic N) is 1. The quantitative estimate of drug-likeness (QED) is 0.784. The zero-order valence-corrected chi connectivity index (χ0v) is 10.4. The van der Waals surface area contributed by atoms with Gasteiger partial charge in [0.2, 0.25) is 0 Å². The molecule has 0 aromatic rings. The number of nitrogens with one attached hydrogen (secondary N) is 1. The highest BCUT2D eigenvalue weighted by atomic mass is 19.4. The molecule has 0 bridgehead atoms. The van der Waals surface area contributed by atoms with Crippen LogP contribution in [0.15, 0.2) is 0 Å². The molecular weight excluding hydrogens is 265 g/mol. The molecule has 2 aliphatic rings. The fourth-order valence-electron chi connectivity index (χ4n) is 2.64. The van der Waals surface area contributed by atoms with E-state index in [1.807, 2.05) is 0 Å². The van der Waals surface area contributed by atoms with Gasteiger partial charge in [-0.3, -0.25) is 15.0 Å². The number of imide groups is 1. The summed E-state index contributed by atoms with van der Waals surface area (Å²) in [6.45, 7) is 0. The van der Waals surface area contributed by atoms with Gasteiger partial charge < -0.3 is 4.74 Å². The average Bonchev–Trinajstić information content (AvgIpc) is 2.62. The lowest BCUT2D eigenvalue weighted by Gasteiger charge is -2.30. The number of carbonyl (C=O) groups excluding carboxylic acids is 2. The van der Waals surface area contributed by atoms with Crippen molar-refractivity contribution in [3.8, 4) is 0 Å². The first kappa shape index (κ1) is 14.1. The number of ether oxygens (including phenoxy) is 1. The first-order chi connectivity index (χ1) is 8.83. The second-order valence-electron chi connectivity index (χ2n) is 4.78. The second kappa shape index (κ2) is 4.66. The number of methoxy groups -OCH3 is 1. The van der Waals surface area contributed by atoms with Gasteiger partial charge in [0.25, 0.3) is 5.91 Å². The normalized spacial score (nSPS) is 29.8. The van der Waals surface area contributed by atoms with Gasteiger partial charge in [-0.15, -0.1) is 0 Å². The lowest BCUT2D eigenvalue weighted by molar-refractivity contribution is -0.263. The maximum atomic E-state index is 13.0. The third-order valence-electron chi connectivity index (χ3n) is 3.67. The summed E-state index contributed by atoms with van der Waals surface area (Å²) in [6.07, 6.45) is -1.35. The van der Waals surface area contributed by atoms with E-state index in [9.17, 15) is 22.8 Å². The molecule has 1 aliphatic carbocycles. The Labute approximate surface area is 108 Å². The molecule has 108 valence electrons. The van der Waals surface area contributed by atoms with Gasteiger partial charge in [-0.25, -0.2) is 4.79 Å². The van der Waals surface area contributed by atoms with Gasteiger partial charge in [-0.1, -0.05) is 19.3 Å². The van der Waals surface area contributed by atoms with Gasteiger partial charge in [0, 0.05) is 13.2 Å². The summed E-state index contributed by atoms with van der Waals surface area (Å²) in [5.74, 6) is -1.36. The van der Waals surface area contributed by atoms with Gasteiger partial charge in [0.05, 0.1) is 0 Å². The number of hydrogen-bond acceptors (Lipinski definition) is 3. The van der Waals surface area contributed by atoms with Crippen LogP contribution in [0.25, 0.3) is 0 Å². The standard InChI is InChI=1S/C11H15F3N2O3/c1-19-10(11(12,13)14)8(17)16(9(18)15-10)7-5-3-2-4-6-7/h7H,2-6H2,1H3,(H,15,18)/t10-/m0/s1. The molecule has 3 amide bonds. The predicted molar refractivity (Wildman–Crippen MR) is 58.0 cm³/mol. The Hall–Kier alpha value is -1.31. The van der Waals surface area contributed by atoms with Crippen LogP contribution in [0.3, 0.4) is 0 Å².